The zero-order valence-corrected chi connectivity index (χ0v) is 15.1. The summed E-state index contributed by atoms with van der Waals surface area (Å²) in [6, 6.07) is 9.32. The summed E-state index contributed by atoms with van der Waals surface area (Å²) < 4.78 is 9.74. The van der Waals surface area contributed by atoms with Crippen molar-refractivity contribution < 1.29 is 39.5 Å². The van der Waals surface area contributed by atoms with E-state index in [-0.39, 0.29) is 6.04 Å². The smallest absolute Gasteiger partial charge is 0.339 e. The molecule has 1 aliphatic heterocycles. The van der Waals surface area contributed by atoms with E-state index in [1.807, 2.05) is 37.3 Å². The molecule has 2 rings (SSSR count). The molecule has 1 amide bonds. The molecule has 27 heavy (non-hydrogen) atoms. The monoisotopic (exact) mass is 383 g/mol. The van der Waals surface area contributed by atoms with Gasteiger partial charge in [-0.3, -0.25) is 4.79 Å². The van der Waals surface area contributed by atoms with Crippen molar-refractivity contribution in [1.29, 1.82) is 0 Å². The molecule has 5 N–H and O–H groups in total. The standard InChI is InChI=1S/C18H25NO8/c1-9(8-11-6-4-3-5-7-11)19-16(23)10(2)26-18(25)15-13(21)12(20)14(22)17(24)27-15/h3-7,9-10,12-15,17,20-22,24H,8H2,1-2H3,(H,19,23)/t9-,10-,12-,13-,14+,15+,17?/m0/s1. The van der Waals surface area contributed by atoms with Crippen molar-refractivity contribution in [2.75, 3.05) is 0 Å². The van der Waals surface area contributed by atoms with Crippen LogP contribution in [0.4, 0.5) is 0 Å². The van der Waals surface area contributed by atoms with Gasteiger partial charge in [0.2, 0.25) is 0 Å². The van der Waals surface area contributed by atoms with Crippen molar-refractivity contribution in [3.05, 3.63) is 35.9 Å². The lowest BCUT2D eigenvalue weighted by Gasteiger charge is -2.37. The Kier molecular flexibility index (Phi) is 7.28. The lowest BCUT2D eigenvalue weighted by Crippen LogP contribution is -2.60. The van der Waals surface area contributed by atoms with Crippen LogP contribution in [0.1, 0.15) is 19.4 Å². The predicted molar refractivity (Wildman–Crippen MR) is 92.2 cm³/mol. The van der Waals surface area contributed by atoms with Gasteiger partial charge in [0, 0.05) is 6.04 Å². The van der Waals surface area contributed by atoms with Gasteiger partial charge in [0.1, 0.15) is 18.3 Å². The average molecular weight is 383 g/mol. The Labute approximate surface area is 156 Å². The van der Waals surface area contributed by atoms with E-state index in [2.05, 4.69) is 5.32 Å². The number of hydrogen-bond donors (Lipinski definition) is 5. The lowest BCUT2D eigenvalue weighted by molar-refractivity contribution is -0.281. The molecule has 1 heterocycles. The van der Waals surface area contributed by atoms with Gasteiger partial charge in [0.05, 0.1) is 0 Å². The quantitative estimate of drug-likeness (QED) is 0.372. The van der Waals surface area contributed by atoms with Crippen LogP contribution in [-0.4, -0.2) is 75.2 Å². The van der Waals surface area contributed by atoms with E-state index in [4.69, 9.17) is 9.47 Å². The molecule has 0 aliphatic carbocycles. The molecule has 9 heteroatoms. The highest BCUT2D eigenvalue weighted by atomic mass is 16.7. The Hall–Kier alpha value is -2.04. The maximum Gasteiger partial charge on any atom is 0.339 e. The molecule has 1 aromatic rings. The third-order valence-corrected chi connectivity index (χ3v) is 4.26. The van der Waals surface area contributed by atoms with Crippen molar-refractivity contribution in [2.24, 2.45) is 0 Å². The molecule has 9 nitrogen and oxygen atoms in total. The molecule has 1 unspecified atom stereocenters. The summed E-state index contributed by atoms with van der Waals surface area (Å²) in [5.41, 5.74) is 1.04. The molecule has 0 bridgehead atoms. The van der Waals surface area contributed by atoms with Gasteiger partial charge >= 0.3 is 5.97 Å². The van der Waals surface area contributed by atoms with Crippen LogP contribution in [0, 0.1) is 0 Å². The predicted octanol–water partition coefficient (Wildman–Crippen LogP) is -1.53. The minimum Gasteiger partial charge on any atom is -0.451 e. The first-order valence-electron chi connectivity index (χ1n) is 8.63. The van der Waals surface area contributed by atoms with E-state index in [0.29, 0.717) is 6.42 Å². The average Bonchev–Trinajstić information content (AvgIpc) is 2.63. The molecule has 1 saturated heterocycles. The molecule has 7 atom stereocenters. The molecular formula is C18H25NO8. The SMILES string of the molecule is C[C@H](OC(=O)[C@@H]1OC(O)[C@H](O)[C@@H](O)[C@@H]1O)C(=O)N[C@@H](C)Cc1ccccc1. The fraction of sp³-hybridized carbons (Fsp3) is 0.556. The number of ether oxygens (including phenoxy) is 2. The second-order valence-corrected chi connectivity index (χ2v) is 6.60. The van der Waals surface area contributed by atoms with Crippen LogP contribution >= 0.6 is 0 Å². The molecule has 1 aliphatic rings. The number of benzene rings is 1. The van der Waals surface area contributed by atoms with Crippen molar-refractivity contribution in [2.45, 2.75) is 63.1 Å². The minimum absolute atomic E-state index is 0.212. The summed E-state index contributed by atoms with van der Waals surface area (Å²) in [5, 5.41) is 41.0. The summed E-state index contributed by atoms with van der Waals surface area (Å²) in [6.45, 7) is 3.15. The Bertz CT molecular complexity index is 640. The Morgan fingerprint density at radius 3 is 2.33 bits per heavy atom. The molecule has 0 saturated carbocycles. The van der Waals surface area contributed by atoms with Crippen molar-refractivity contribution >= 4 is 11.9 Å². The summed E-state index contributed by atoms with van der Waals surface area (Å²) >= 11 is 0. The highest BCUT2D eigenvalue weighted by molar-refractivity contribution is 5.85. The van der Waals surface area contributed by atoms with Gasteiger partial charge in [-0.2, -0.15) is 0 Å². The third-order valence-electron chi connectivity index (χ3n) is 4.26. The van der Waals surface area contributed by atoms with Crippen molar-refractivity contribution in [3.63, 3.8) is 0 Å². The van der Waals surface area contributed by atoms with Gasteiger partial charge in [0.15, 0.2) is 18.5 Å². The van der Waals surface area contributed by atoms with Crippen molar-refractivity contribution in [1.82, 2.24) is 5.32 Å². The van der Waals surface area contributed by atoms with Gasteiger partial charge in [-0.15, -0.1) is 0 Å². The van der Waals surface area contributed by atoms with E-state index in [1.54, 1.807) is 0 Å². The van der Waals surface area contributed by atoms with Gasteiger partial charge in [0.25, 0.3) is 5.91 Å². The number of carbonyl (C=O) groups excluding carboxylic acids is 2. The summed E-state index contributed by atoms with van der Waals surface area (Å²) in [6.07, 6.45) is -9.54. The number of rotatable bonds is 6. The molecular weight excluding hydrogens is 358 g/mol. The first kappa shape index (κ1) is 21.3. The van der Waals surface area contributed by atoms with Gasteiger partial charge in [-0.25, -0.2) is 4.79 Å². The van der Waals surface area contributed by atoms with E-state index >= 15 is 0 Å². The van der Waals surface area contributed by atoms with Crippen LogP contribution in [0.2, 0.25) is 0 Å². The topological polar surface area (TPSA) is 146 Å². The maximum atomic E-state index is 12.2. The largest absolute Gasteiger partial charge is 0.451 e. The number of carbonyl (C=O) groups is 2. The fourth-order valence-corrected chi connectivity index (χ4v) is 2.73. The van der Waals surface area contributed by atoms with Crippen LogP contribution in [0.25, 0.3) is 0 Å². The summed E-state index contributed by atoms with van der Waals surface area (Å²) in [7, 11) is 0. The summed E-state index contributed by atoms with van der Waals surface area (Å²) in [5.74, 6) is -1.68. The molecule has 0 radical (unpaired) electrons. The number of amides is 1. The third kappa shape index (κ3) is 5.47. The van der Waals surface area contributed by atoms with Crippen LogP contribution in [-0.2, 0) is 25.5 Å². The Balaban J connectivity index is 1.87. The fourth-order valence-electron chi connectivity index (χ4n) is 2.73. The normalized spacial score (nSPS) is 30.2. The lowest BCUT2D eigenvalue weighted by atomic mass is 9.99. The van der Waals surface area contributed by atoms with Crippen LogP contribution in [0.5, 0.6) is 0 Å². The Morgan fingerprint density at radius 1 is 1.07 bits per heavy atom. The molecule has 1 fully saturated rings. The van der Waals surface area contributed by atoms with E-state index in [9.17, 15) is 30.0 Å². The van der Waals surface area contributed by atoms with Gasteiger partial charge < -0.3 is 35.2 Å². The highest BCUT2D eigenvalue weighted by Gasteiger charge is 2.47. The molecule has 150 valence electrons. The maximum absolute atomic E-state index is 12.2. The van der Waals surface area contributed by atoms with Crippen LogP contribution in [0.15, 0.2) is 30.3 Å². The minimum atomic E-state index is -1.86. The first-order chi connectivity index (χ1) is 12.7. The molecule has 0 spiro atoms. The number of aliphatic hydroxyl groups is 4. The van der Waals surface area contributed by atoms with Crippen LogP contribution in [0.3, 0.4) is 0 Å². The van der Waals surface area contributed by atoms with Crippen molar-refractivity contribution in [3.8, 4) is 0 Å². The number of hydrogen-bond acceptors (Lipinski definition) is 8. The molecule has 0 aromatic heterocycles. The first-order valence-corrected chi connectivity index (χ1v) is 8.63. The van der Waals surface area contributed by atoms with Crippen LogP contribution < -0.4 is 5.32 Å². The highest BCUT2D eigenvalue weighted by Crippen LogP contribution is 2.21. The van der Waals surface area contributed by atoms with E-state index in [0.717, 1.165) is 5.56 Å². The number of nitrogens with one attached hydrogen (secondary N) is 1. The zero-order chi connectivity index (χ0) is 20.1. The number of esters is 1. The Morgan fingerprint density at radius 2 is 1.70 bits per heavy atom. The van der Waals surface area contributed by atoms with Gasteiger partial charge in [-0.1, -0.05) is 30.3 Å². The van der Waals surface area contributed by atoms with E-state index < -0.39 is 48.7 Å². The second kappa shape index (κ2) is 9.25. The van der Waals surface area contributed by atoms with E-state index in [1.165, 1.54) is 6.92 Å². The zero-order valence-electron chi connectivity index (χ0n) is 15.1. The summed E-state index contributed by atoms with van der Waals surface area (Å²) in [4.78, 5) is 24.3. The second-order valence-electron chi connectivity index (χ2n) is 6.60. The number of aliphatic hydroxyl groups excluding tert-OH is 4. The molecule has 1 aromatic carbocycles. The van der Waals surface area contributed by atoms with Gasteiger partial charge in [-0.05, 0) is 25.8 Å².